The number of nitrogens with zero attached hydrogens (tertiary/aromatic N) is 1. The van der Waals surface area contributed by atoms with Crippen LogP contribution < -0.4 is 0 Å². The number of benzene rings is 1. The SMILES string of the molecule is CC(Cc1ccccc1Cl)(C(=O)O)N1CCOCC1. The van der Waals surface area contributed by atoms with E-state index < -0.39 is 11.5 Å². The van der Waals surface area contributed by atoms with Crippen LogP contribution in [0.1, 0.15) is 12.5 Å². The number of morpholine rings is 1. The summed E-state index contributed by atoms with van der Waals surface area (Å²) in [6.07, 6.45) is 0.391. The normalized spacial score (nSPS) is 19.9. The first-order valence-corrected chi connectivity index (χ1v) is 6.71. The summed E-state index contributed by atoms with van der Waals surface area (Å²) in [5, 5.41) is 10.2. The Bertz CT molecular complexity index is 460. The molecule has 1 heterocycles. The van der Waals surface area contributed by atoms with Gasteiger partial charge in [-0.2, -0.15) is 0 Å². The first-order chi connectivity index (χ1) is 9.04. The van der Waals surface area contributed by atoms with E-state index in [2.05, 4.69) is 0 Å². The molecule has 1 aromatic rings. The van der Waals surface area contributed by atoms with Crippen LogP contribution in [-0.4, -0.2) is 47.8 Å². The zero-order valence-electron chi connectivity index (χ0n) is 10.9. The van der Waals surface area contributed by atoms with Crippen molar-refractivity contribution in [3.8, 4) is 0 Å². The number of aliphatic carboxylic acids is 1. The van der Waals surface area contributed by atoms with Gasteiger partial charge >= 0.3 is 5.97 Å². The monoisotopic (exact) mass is 283 g/mol. The number of ether oxygens (including phenoxy) is 1. The second-order valence-corrected chi connectivity index (χ2v) is 5.35. The van der Waals surface area contributed by atoms with E-state index in [0.29, 0.717) is 37.7 Å². The highest BCUT2D eigenvalue weighted by Crippen LogP contribution is 2.26. The van der Waals surface area contributed by atoms with Gasteiger partial charge in [0.25, 0.3) is 0 Å². The maximum absolute atomic E-state index is 11.7. The molecule has 1 atom stereocenters. The van der Waals surface area contributed by atoms with Gasteiger partial charge in [0, 0.05) is 24.5 Å². The Morgan fingerprint density at radius 1 is 1.42 bits per heavy atom. The van der Waals surface area contributed by atoms with E-state index >= 15 is 0 Å². The van der Waals surface area contributed by atoms with Crippen molar-refractivity contribution in [1.82, 2.24) is 4.90 Å². The minimum Gasteiger partial charge on any atom is -0.480 e. The standard InChI is InChI=1S/C14H18ClNO3/c1-14(13(17)18,16-6-8-19-9-7-16)10-11-4-2-3-5-12(11)15/h2-5H,6-10H2,1H3,(H,17,18). The molecule has 1 aliphatic heterocycles. The third kappa shape index (κ3) is 3.08. The predicted molar refractivity (Wildman–Crippen MR) is 73.6 cm³/mol. The van der Waals surface area contributed by atoms with Crippen LogP contribution in [0, 0.1) is 0 Å². The summed E-state index contributed by atoms with van der Waals surface area (Å²) in [6, 6.07) is 7.39. The zero-order chi connectivity index (χ0) is 13.9. The Kier molecular flexibility index (Phi) is 4.45. The second kappa shape index (κ2) is 5.90. The minimum atomic E-state index is -0.950. The summed E-state index contributed by atoms with van der Waals surface area (Å²) < 4.78 is 5.29. The summed E-state index contributed by atoms with van der Waals surface area (Å²) in [5.74, 6) is -0.825. The van der Waals surface area contributed by atoms with Gasteiger partial charge in [-0.1, -0.05) is 29.8 Å². The fourth-order valence-corrected chi connectivity index (χ4v) is 2.59. The fraction of sp³-hybridized carbons (Fsp3) is 0.500. The molecule has 0 radical (unpaired) electrons. The molecule has 1 saturated heterocycles. The summed E-state index contributed by atoms with van der Waals surface area (Å²) >= 11 is 6.14. The molecule has 5 heteroatoms. The van der Waals surface area contributed by atoms with Crippen molar-refractivity contribution >= 4 is 17.6 Å². The Labute approximate surface area is 117 Å². The summed E-state index contributed by atoms with van der Waals surface area (Å²) in [4.78, 5) is 13.7. The van der Waals surface area contributed by atoms with Crippen molar-refractivity contribution in [3.05, 3.63) is 34.9 Å². The summed E-state index contributed by atoms with van der Waals surface area (Å²) in [5.41, 5.74) is -0.0880. The quantitative estimate of drug-likeness (QED) is 0.919. The van der Waals surface area contributed by atoms with E-state index in [0.717, 1.165) is 5.56 Å². The first-order valence-electron chi connectivity index (χ1n) is 6.33. The van der Waals surface area contributed by atoms with Crippen molar-refractivity contribution < 1.29 is 14.6 Å². The number of carboxylic acid groups (broad SMARTS) is 1. The number of carboxylic acids is 1. The molecule has 0 amide bonds. The highest BCUT2D eigenvalue weighted by molar-refractivity contribution is 6.31. The van der Waals surface area contributed by atoms with Gasteiger partial charge < -0.3 is 9.84 Å². The first kappa shape index (κ1) is 14.3. The van der Waals surface area contributed by atoms with Crippen LogP contribution in [0.5, 0.6) is 0 Å². The predicted octanol–water partition coefficient (Wildman–Crippen LogP) is 2.06. The number of rotatable bonds is 4. The molecule has 104 valence electrons. The maximum Gasteiger partial charge on any atom is 0.324 e. The van der Waals surface area contributed by atoms with Crippen LogP contribution in [0.15, 0.2) is 24.3 Å². The highest BCUT2D eigenvalue weighted by Gasteiger charge is 2.40. The van der Waals surface area contributed by atoms with Gasteiger partial charge in [-0.05, 0) is 18.6 Å². The van der Waals surface area contributed by atoms with Crippen molar-refractivity contribution in [2.24, 2.45) is 0 Å². The van der Waals surface area contributed by atoms with Gasteiger partial charge in [0.2, 0.25) is 0 Å². The van der Waals surface area contributed by atoms with E-state index in [1.54, 1.807) is 13.0 Å². The zero-order valence-corrected chi connectivity index (χ0v) is 11.7. The molecule has 1 aromatic carbocycles. The summed E-state index contributed by atoms with van der Waals surface area (Å²) in [6.45, 7) is 4.17. The van der Waals surface area contributed by atoms with Gasteiger partial charge in [0.1, 0.15) is 5.54 Å². The Hall–Kier alpha value is -1.10. The van der Waals surface area contributed by atoms with Crippen LogP contribution in [0.4, 0.5) is 0 Å². The number of halogens is 1. The molecule has 0 aromatic heterocycles. The molecule has 1 fully saturated rings. The lowest BCUT2D eigenvalue weighted by Gasteiger charge is -2.40. The molecular formula is C14H18ClNO3. The topological polar surface area (TPSA) is 49.8 Å². The number of carbonyl (C=O) groups is 1. The van der Waals surface area contributed by atoms with Crippen LogP contribution >= 0.6 is 11.6 Å². The summed E-state index contributed by atoms with van der Waals surface area (Å²) in [7, 11) is 0. The average molecular weight is 284 g/mol. The molecule has 0 saturated carbocycles. The van der Waals surface area contributed by atoms with Gasteiger partial charge in [-0.25, -0.2) is 0 Å². The lowest BCUT2D eigenvalue weighted by molar-refractivity contribution is -0.153. The Morgan fingerprint density at radius 2 is 2.05 bits per heavy atom. The molecule has 0 aliphatic carbocycles. The van der Waals surface area contributed by atoms with Gasteiger partial charge in [-0.15, -0.1) is 0 Å². The molecule has 0 spiro atoms. The Balaban J connectivity index is 2.24. The minimum absolute atomic E-state index is 0.391. The lowest BCUT2D eigenvalue weighted by Crippen LogP contribution is -2.57. The van der Waals surface area contributed by atoms with Crippen LogP contribution in [0.25, 0.3) is 0 Å². The maximum atomic E-state index is 11.7. The molecule has 0 bridgehead atoms. The van der Waals surface area contributed by atoms with Crippen LogP contribution in [0.3, 0.4) is 0 Å². The Morgan fingerprint density at radius 3 is 2.63 bits per heavy atom. The third-order valence-electron chi connectivity index (χ3n) is 3.66. The molecule has 1 aliphatic rings. The second-order valence-electron chi connectivity index (χ2n) is 4.95. The number of hydrogen-bond acceptors (Lipinski definition) is 3. The number of hydrogen-bond donors (Lipinski definition) is 1. The van der Waals surface area contributed by atoms with Gasteiger partial charge in [0.05, 0.1) is 13.2 Å². The average Bonchev–Trinajstić information content (AvgIpc) is 2.42. The molecule has 1 unspecified atom stereocenters. The smallest absolute Gasteiger partial charge is 0.324 e. The van der Waals surface area contributed by atoms with Crippen molar-refractivity contribution in [3.63, 3.8) is 0 Å². The van der Waals surface area contributed by atoms with Crippen molar-refractivity contribution in [1.29, 1.82) is 0 Å². The van der Waals surface area contributed by atoms with E-state index in [-0.39, 0.29) is 0 Å². The largest absolute Gasteiger partial charge is 0.480 e. The van der Waals surface area contributed by atoms with Gasteiger partial charge in [-0.3, -0.25) is 9.69 Å². The molecular weight excluding hydrogens is 266 g/mol. The fourth-order valence-electron chi connectivity index (χ4n) is 2.39. The lowest BCUT2D eigenvalue weighted by atomic mass is 9.90. The molecule has 2 rings (SSSR count). The van der Waals surface area contributed by atoms with E-state index in [4.69, 9.17) is 16.3 Å². The van der Waals surface area contributed by atoms with Crippen molar-refractivity contribution in [2.75, 3.05) is 26.3 Å². The van der Waals surface area contributed by atoms with E-state index in [1.165, 1.54) is 0 Å². The molecule has 1 N–H and O–H groups in total. The van der Waals surface area contributed by atoms with Crippen LogP contribution in [0.2, 0.25) is 5.02 Å². The molecule has 4 nitrogen and oxygen atoms in total. The van der Waals surface area contributed by atoms with Crippen molar-refractivity contribution in [2.45, 2.75) is 18.9 Å². The molecule has 19 heavy (non-hydrogen) atoms. The van der Waals surface area contributed by atoms with Crippen LogP contribution in [-0.2, 0) is 16.0 Å². The van der Waals surface area contributed by atoms with E-state index in [9.17, 15) is 9.90 Å². The van der Waals surface area contributed by atoms with Gasteiger partial charge in [0.15, 0.2) is 0 Å². The highest BCUT2D eigenvalue weighted by atomic mass is 35.5. The third-order valence-corrected chi connectivity index (χ3v) is 4.03. The van der Waals surface area contributed by atoms with E-state index in [1.807, 2.05) is 23.1 Å².